The molecule has 134 valence electrons. The van der Waals surface area contributed by atoms with Crippen LogP contribution in [0.15, 0.2) is 28.3 Å². The van der Waals surface area contributed by atoms with Gasteiger partial charge >= 0.3 is 0 Å². The van der Waals surface area contributed by atoms with Crippen molar-refractivity contribution in [2.24, 2.45) is 10.1 Å². The monoisotopic (exact) mass is 359 g/mol. The topological polar surface area (TPSA) is 34.4 Å². The number of benzene rings is 1. The van der Waals surface area contributed by atoms with Crippen LogP contribution in [0.1, 0.15) is 45.2 Å². The van der Waals surface area contributed by atoms with Crippen LogP contribution in [-0.4, -0.2) is 58.7 Å². The fourth-order valence-electron chi connectivity index (χ4n) is 4.16. The number of guanidine groups is 1. The van der Waals surface area contributed by atoms with Gasteiger partial charge in [-0.25, -0.2) is 10.0 Å². The van der Waals surface area contributed by atoms with Crippen molar-refractivity contribution in [3.05, 3.63) is 28.8 Å². The van der Waals surface area contributed by atoms with E-state index in [1.807, 2.05) is 32.0 Å². The normalized spacial score (nSPS) is 26.2. The van der Waals surface area contributed by atoms with Crippen LogP contribution < -0.4 is 0 Å². The summed E-state index contributed by atoms with van der Waals surface area (Å²) in [5.41, 5.74) is 3.19. The zero-order chi connectivity index (χ0) is 17.6. The average molecular weight is 360 g/mol. The lowest BCUT2D eigenvalue weighted by atomic mass is 10.0. The predicted octanol–water partition coefficient (Wildman–Crippen LogP) is 3.88. The second-order valence-electron chi connectivity index (χ2n) is 7.46. The lowest BCUT2D eigenvalue weighted by molar-refractivity contribution is 0.135. The largest absolute Gasteiger partial charge is 0.338 e. The molecule has 0 saturated carbocycles. The standard InChI is InChI=1S/C19H26ClN5/c1-13(2)22-25-14(3)17-11-15(20)6-7-18(17)21-19(25)24-10-9-23-8-4-5-16(23)12-24/h6-7,11,14,16H,4-5,8-10,12H2,1-3H3. The highest BCUT2D eigenvalue weighted by molar-refractivity contribution is 6.30. The minimum Gasteiger partial charge on any atom is -0.338 e. The molecule has 0 spiro atoms. The van der Waals surface area contributed by atoms with Crippen molar-refractivity contribution in [2.45, 2.75) is 45.7 Å². The number of aliphatic imine (C=N–C) groups is 1. The highest BCUT2D eigenvalue weighted by Gasteiger charge is 2.36. The fraction of sp³-hybridized carbons (Fsp3) is 0.579. The number of hydrogen-bond acceptors (Lipinski definition) is 5. The van der Waals surface area contributed by atoms with Gasteiger partial charge in [0.25, 0.3) is 0 Å². The minimum absolute atomic E-state index is 0.123. The van der Waals surface area contributed by atoms with Gasteiger partial charge in [0.15, 0.2) is 0 Å². The molecular weight excluding hydrogens is 334 g/mol. The molecule has 4 rings (SSSR count). The number of nitrogens with zero attached hydrogens (tertiary/aromatic N) is 5. The zero-order valence-electron chi connectivity index (χ0n) is 15.2. The van der Waals surface area contributed by atoms with Crippen LogP contribution in [0.3, 0.4) is 0 Å². The molecule has 0 amide bonds. The van der Waals surface area contributed by atoms with E-state index in [-0.39, 0.29) is 6.04 Å². The first-order chi connectivity index (χ1) is 12.0. The molecule has 0 bridgehead atoms. The molecule has 2 unspecified atom stereocenters. The van der Waals surface area contributed by atoms with E-state index in [4.69, 9.17) is 21.7 Å². The van der Waals surface area contributed by atoms with Crippen LogP contribution in [0.4, 0.5) is 5.69 Å². The summed E-state index contributed by atoms with van der Waals surface area (Å²) in [5.74, 6) is 0.982. The van der Waals surface area contributed by atoms with Gasteiger partial charge in [-0.1, -0.05) is 11.6 Å². The molecule has 2 fully saturated rings. The van der Waals surface area contributed by atoms with Gasteiger partial charge < -0.3 is 4.90 Å². The number of hydrogen-bond donors (Lipinski definition) is 0. The summed E-state index contributed by atoms with van der Waals surface area (Å²) in [6.07, 6.45) is 2.61. The number of fused-ring (bicyclic) bond motifs is 2. The average Bonchev–Trinajstić information content (AvgIpc) is 3.05. The lowest BCUT2D eigenvalue weighted by Crippen LogP contribution is -2.56. The van der Waals surface area contributed by atoms with Gasteiger partial charge in [0, 0.05) is 42.0 Å². The van der Waals surface area contributed by atoms with Gasteiger partial charge in [0.05, 0.1) is 11.7 Å². The highest BCUT2D eigenvalue weighted by atomic mass is 35.5. The van der Waals surface area contributed by atoms with Gasteiger partial charge in [-0.3, -0.25) is 4.90 Å². The van der Waals surface area contributed by atoms with E-state index >= 15 is 0 Å². The van der Waals surface area contributed by atoms with Crippen LogP contribution in [-0.2, 0) is 0 Å². The van der Waals surface area contributed by atoms with Crippen molar-refractivity contribution in [1.82, 2.24) is 14.8 Å². The van der Waals surface area contributed by atoms with Crippen molar-refractivity contribution in [3.8, 4) is 0 Å². The maximum absolute atomic E-state index is 6.22. The molecule has 2 saturated heterocycles. The first kappa shape index (κ1) is 16.9. The van der Waals surface area contributed by atoms with Crippen LogP contribution >= 0.6 is 11.6 Å². The van der Waals surface area contributed by atoms with E-state index in [1.54, 1.807) is 0 Å². The third-order valence-electron chi connectivity index (χ3n) is 5.41. The van der Waals surface area contributed by atoms with Gasteiger partial charge in [-0.2, -0.15) is 5.10 Å². The Morgan fingerprint density at radius 1 is 1.24 bits per heavy atom. The Hall–Kier alpha value is -1.59. The highest BCUT2D eigenvalue weighted by Crippen LogP contribution is 2.38. The van der Waals surface area contributed by atoms with E-state index in [1.165, 1.54) is 19.4 Å². The van der Waals surface area contributed by atoms with Crippen LogP contribution in [0.2, 0.25) is 5.02 Å². The second-order valence-corrected chi connectivity index (χ2v) is 7.90. The molecule has 0 radical (unpaired) electrons. The Morgan fingerprint density at radius 2 is 2.08 bits per heavy atom. The Kier molecular flexibility index (Phi) is 4.46. The van der Waals surface area contributed by atoms with E-state index in [9.17, 15) is 0 Å². The van der Waals surface area contributed by atoms with Gasteiger partial charge in [0.2, 0.25) is 5.96 Å². The number of halogens is 1. The summed E-state index contributed by atoms with van der Waals surface area (Å²) < 4.78 is 0. The Bertz CT molecular complexity index is 725. The SMILES string of the molecule is CC(C)=NN1C(N2CCN3CCCC3C2)=Nc2ccc(Cl)cc2C1C. The summed E-state index contributed by atoms with van der Waals surface area (Å²) in [7, 11) is 0. The number of piperazine rings is 1. The van der Waals surface area contributed by atoms with Gasteiger partial charge in [-0.15, -0.1) is 0 Å². The fourth-order valence-corrected chi connectivity index (χ4v) is 4.34. The Morgan fingerprint density at radius 3 is 2.88 bits per heavy atom. The summed E-state index contributed by atoms with van der Waals surface area (Å²) in [6.45, 7) is 10.7. The van der Waals surface area contributed by atoms with E-state index in [2.05, 4.69) is 21.7 Å². The van der Waals surface area contributed by atoms with Gasteiger partial charge in [0.1, 0.15) is 0 Å². The van der Waals surface area contributed by atoms with Crippen molar-refractivity contribution in [2.75, 3.05) is 26.2 Å². The Labute approximate surface area is 155 Å². The van der Waals surface area contributed by atoms with E-state index < -0.39 is 0 Å². The molecule has 1 aromatic rings. The summed E-state index contributed by atoms with van der Waals surface area (Å²) in [5, 5.41) is 7.64. The molecule has 0 aliphatic carbocycles. The smallest absolute Gasteiger partial charge is 0.223 e. The third kappa shape index (κ3) is 3.15. The Balaban J connectivity index is 1.72. The molecule has 0 aromatic heterocycles. The molecule has 6 heteroatoms. The zero-order valence-corrected chi connectivity index (χ0v) is 16.0. The molecule has 3 aliphatic rings. The summed E-state index contributed by atoms with van der Waals surface area (Å²) in [6, 6.07) is 6.75. The quantitative estimate of drug-likeness (QED) is 0.714. The molecule has 3 aliphatic heterocycles. The summed E-state index contributed by atoms with van der Waals surface area (Å²) >= 11 is 6.22. The molecule has 0 N–H and O–H groups in total. The lowest BCUT2D eigenvalue weighted by Gasteiger charge is -2.43. The summed E-state index contributed by atoms with van der Waals surface area (Å²) in [4.78, 5) is 10.0. The molecule has 3 heterocycles. The molecule has 25 heavy (non-hydrogen) atoms. The van der Waals surface area contributed by atoms with E-state index in [0.717, 1.165) is 47.6 Å². The second kappa shape index (κ2) is 6.61. The first-order valence-corrected chi connectivity index (χ1v) is 9.59. The number of hydrazone groups is 1. The third-order valence-corrected chi connectivity index (χ3v) is 5.64. The molecule has 5 nitrogen and oxygen atoms in total. The predicted molar refractivity (Wildman–Crippen MR) is 104 cm³/mol. The van der Waals surface area contributed by atoms with Crippen molar-refractivity contribution < 1.29 is 0 Å². The van der Waals surface area contributed by atoms with E-state index in [0.29, 0.717) is 6.04 Å². The molecular formula is C19H26ClN5. The molecule has 1 aromatic carbocycles. The number of rotatable bonds is 1. The van der Waals surface area contributed by atoms with Crippen molar-refractivity contribution in [1.29, 1.82) is 0 Å². The minimum atomic E-state index is 0.123. The van der Waals surface area contributed by atoms with Gasteiger partial charge in [-0.05, 0) is 58.4 Å². The van der Waals surface area contributed by atoms with Crippen molar-refractivity contribution in [3.63, 3.8) is 0 Å². The first-order valence-electron chi connectivity index (χ1n) is 9.21. The maximum Gasteiger partial charge on any atom is 0.223 e. The maximum atomic E-state index is 6.22. The molecule has 2 atom stereocenters. The van der Waals surface area contributed by atoms with Crippen LogP contribution in [0.25, 0.3) is 0 Å². The van der Waals surface area contributed by atoms with Crippen molar-refractivity contribution >= 4 is 29.0 Å². The van der Waals surface area contributed by atoms with Crippen LogP contribution in [0.5, 0.6) is 0 Å². The van der Waals surface area contributed by atoms with Crippen LogP contribution in [0, 0.1) is 0 Å².